The molecule has 1 amide bonds. The molecule has 2 heterocycles. The van der Waals surface area contributed by atoms with Gasteiger partial charge in [-0.05, 0) is 63.1 Å². The fourth-order valence-electron chi connectivity index (χ4n) is 3.68. The molecule has 1 aromatic carbocycles. The molecular weight excluding hydrogens is 360 g/mol. The van der Waals surface area contributed by atoms with Crippen LogP contribution < -0.4 is 9.47 Å². The van der Waals surface area contributed by atoms with Crippen LogP contribution in [0, 0.1) is 19.8 Å². The lowest BCUT2D eigenvalue weighted by Gasteiger charge is -2.32. The number of benzene rings is 1. The van der Waals surface area contributed by atoms with E-state index in [1.165, 1.54) is 16.9 Å². The number of aromatic nitrogens is 1. The van der Waals surface area contributed by atoms with Crippen LogP contribution in [0.1, 0.15) is 45.2 Å². The lowest BCUT2D eigenvalue weighted by atomic mass is 9.90. The Bertz CT molecular complexity index is 772. The third-order valence-corrected chi connectivity index (χ3v) is 6.31. The molecule has 0 saturated carbocycles. The minimum absolute atomic E-state index is 0.147. The van der Waals surface area contributed by atoms with Crippen molar-refractivity contribution in [1.82, 2.24) is 9.88 Å². The normalized spacial score (nSPS) is 15.0. The fraction of sp³-hybridized carbons (Fsp3) is 0.524. The van der Waals surface area contributed by atoms with Crippen molar-refractivity contribution in [2.45, 2.75) is 39.5 Å². The number of amides is 1. The number of rotatable bonds is 6. The number of hydrogen-bond donors (Lipinski definition) is 0. The number of ether oxygens (including phenoxy) is 2. The standard InChI is InChI=1S/C21H28N2O3S/c1-14-20(27-15(2)22-14)21(24)23-9-7-16(8-10-23)5-6-17-11-18(25-3)13-19(12-17)26-4/h11-13,16H,5-10H2,1-4H3. The molecule has 1 saturated heterocycles. The molecule has 146 valence electrons. The summed E-state index contributed by atoms with van der Waals surface area (Å²) in [5.74, 6) is 2.46. The lowest BCUT2D eigenvalue weighted by Crippen LogP contribution is -2.38. The first kappa shape index (κ1) is 19.7. The number of nitrogens with zero attached hydrogens (tertiary/aromatic N) is 2. The van der Waals surface area contributed by atoms with Crippen LogP contribution >= 0.6 is 11.3 Å². The average Bonchev–Trinajstić information content (AvgIpc) is 3.03. The molecule has 1 fully saturated rings. The summed E-state index contributed by atoms with van der Waals surface area (Å²) in [7, 11) is 3.36. The van der Waals surface area contributed by atoms with E-state index in [1.807, 2.05) is 24.8 Å². The van der Waals surface area contributed by atoms with Gasteiger partial charge >= 0.3 is 0 Å². The third kappa shape index (κ3) is 4.80. The van der Waals surface area contributed by atoms with Crippen LogP contribution in [0.15, 0.2) is 18.2 Å². The Hall–Kier alpha value is -2.08. The Morgan fingerprint density at radius 1 is 1.15 bits per heavy atom. The van der Waals surface area contributed by atoms with Crippen LogP contribution in [0.25, 0.3) is 0 Å². The van der Waals surface area contributed by atoms with Crippen molar-refractivity contribution in [3.8, 4) is 11.5 Å². The van der Waals surface area contributed by atoms with Gasteiger partial charge in [-0.15, -0.1) is 11.3 Å². The van der Waals surface area contributed by atoms with Crippen LogP contribution in [0.2, 0.25) is 0 Å². The third-order valence-electron chi connectivity index (χ3n) is 5.25. The van der Waals surface area contributed by atoms with Crippen molar-refractivity contribution < 1.29 is 14.3 Å². The van der Waals surface area contributed by atoms with Gasteiger partial charge in [0.25, 0.3) is 5.91 Å². The monoisotopic (exact) mass is 388 g/mol. The Kier molecular flexibility index (Phi) is 6.37. The number of piperidine rings is 1. The molecule has 1 aliphatic heterocycles. The largest absolute Gasteiger partial charge is 0.497 e. The summed E-state index contributed by atoms with van der Waals surface area (Å²) in [5, 5.41) is 0.958. The zero-order chi connectivity index (χ0) is 19.4. The summed E-state index contributed by atoms with van der Waals surface area (Å²) >= 11 is 1.51. The van der Waals surface area contributed by atoms with Crippen molar-refractivity contribution in [1.29, 1.82) is 0 Å². The topological polar surface area (TPSA) is 51.7 Å². The van der Waals surface area contributed by atoms with Crippen molar-refractivity contribution in [3.05, 3.63) is 39.3 Å². The van der Waals surface area contributed by atoms with Crippen LogP contribution in [-0.4, -0.2) is 43.1 Å². The molecule has 0 atom stereocenters. The first-order chi connectivity index (χ1) is 13.0. The second kappa shape index (κ2) is 8.74. The molecule has 6 heteroatoms. The average molecular weight is 389 g/mol. The summed E-state index contributed by atoms with van der Waals surface area (Å²) in [4.78, 5) is 19.9. The highest BCUT2D eigenvalue weighted by Gasteiger charge is 2.26. The molecule has 2 aromatic rings. The molecular formula is C21H28N2O3S. The molecule has 5 nitrogen and oxygen atoms in total. The molecule has 0 radical (unpaired) electrons. The molecule has 27 heavy (non-hydrogen) atoms. The zero-order valence-electron chi connectivity index (χ0n) is 16.6. The molecule has 1 aromatic heterocycles. The highest BCUT2D eigenvalue weighted by atomic mass is 32.1. The van der Waals surface area contributed by atoms with Gasteiger partial charge in [-0.1, -0.05) is 0 Å². The predicted octanol–water partition coefficient (Wildman–Crippen LogP) is 4.26. The lowest BCUT2D eigenvalue weighted by molar-refractivity contribution is 0.0691. The Morgan fingerprint density at radius 2 is 1.78 bits per heavy atom. The van der Waals surface area contributed by atoms with Crippen molar-refractivity contribution >= 4 is 17.2 Å². The van der Waals surface area contributed by atoms with E-state index in [9.17, 15) is 4.79 Å². The van der Waals surface area contributed by atoms with Gasteiger partial charge in [-0.3, -0.25) is 4.79 Å². The second-order valence-electron chi connectivity index (χ2n) is 7.14. The summed E-state index contributed by atoms with van der Waals surface area (Å²) in [6, 6.07) is 6.06. The van der Waals surface area contributed by atoms with E-state index in [-0.39, 0.29) is 5.91 Å². The van der Waals surface area contributed by atoms with Crippen LogP contribution in [0.3, 0.4) is 0 Å². The molecule has 0 spiro atoms. The van der Waals surface area contributed by atoms with E-state index in [0.29, 0.717) is 5.92 Å². The van der Waals surface area contributed by atoms with Crippen LogP contribution in [-0.2, 0) is 6.42 Å². The number of hydrogen-bond acceptors (Lipinski definition) is 5. The number of carbonyl (C=O) groups is 1. The van der Waals surface area contributed by atoms with E-state index < -0.39 is 0 Å². The van der Waals surface area contributed by atoms with Gasteiger partial charge in [0, 0.05) is 19.2 Å². The first-order valence-electron chi connectivity index (χ1n) is 9.45. The van der Waals surface area contributed by atoms with Crippen LogP contribution in [0.4, 0.5) is 0 Å². The summed E-state index contributed by atoms with van der Waals surface area (Å²) in [6.07, 6.45) is 4.24. The van der Waals surface area contributed by atoms with Gasteiger partial charge in [-0.2, -0.15) is 0 Å². The Morgan fingerprint density at radius 3 is 2.30 bits per heavy atom. The number of carbonyl (C=O) groups excluding carboxylic acids is 1. The predicted molar refractivity (Wildman–Crippen MR) is 108 cm³/mol. The second-order valence-corrected chi connectivity index (χ2v) is 8.35. The van der Waals surface area contributed by atoms with Gasteiger partial charge in [-0.25, -0.2) is 4.98 Å². The maximum atomic E-state index is 12.7. The van der Waals surface area contributed by atoms with E-state index in [2.05, 4.69) is 17.1 Å². The molecule has 0 unspecified atom stereocenters. The molecule has 0 N–H and O–H groups in total. The van der Waals surface area contributed by atoms with E-state index >= 15 is 0 Å². The SMILES string of the molecule is COc1cc(CCC2CCN(C(=O)c3sc(C)nc3C)CC2)cc(OC)c1. The first-order valence-corrected chi connectivity index (χ1v) is 10.3. The molecule has 0 aliphatic carbocycles. The molecule has 0 bridgehead atoms. The van der Waals surface area contributed by atoms with Crippen molar-refractivity contribution in [3.63, 3.8) is 0 Å². The van der Waals surface area contributed by atoms with Crippen molar-refractivity contribution in [2.75, 3.05) is 27.3 Å². The van der Waals surface area contributed by atoms with E-state index in [0.717, 1.165) is 65.9 Å². The summed E-state index contributed by atoms with van der Waals surface area (Å²) in [5.41, 5.74) is 2.09. The van der Waals surface area contributed by atoms with Gasteiger partial charge in [0.2, 0.25) is 0 Å². The quantitative estimate of drug-likeness (QED) is 0.742. The number of thiazole rings is 1. The van der Waals surface area contributed by atoms with E-state index in [1.54, 1.807) is 14.2 Å². The van der Waals surface area contributed by atoms with Gasteiger partial charge < -0.3 is 14.4 Å². The summed E-state index contributed by atoms with van der Waals surface area (Å²) in [6.45, 7) is 5.54. The van der Waals surface area contributed by atoms with Gasteiger partial charge in [0.1, 0.15) is 16.4 Å². The maximum absolute atomic E-state index is 12.7. The molecule has 3 rings (SSSR count). The number of methoxy groups -OCH3 is 2. The smallest absolute Gasteiger partial charge is 0.265 e. The minimum Gasteiger partial charge on any atom is -0.497 e. The minimum atomic E-state index is 0.147. The number of aryl methyl sites for hydroxylation is 3. The zero-order valence-corrected chi connectivity index (χ0v) is 17.4. The fourth-order valence-corrected chi connectivity index (χ4v) is 4.57. The molecule has 1 aliphatic rings. The maximum Gasteiger partial charge on any atom is 0.265 e. The van der Waals surface area contributed by atoms with Gasteiger partial charge in [0.05, 0.1) is 24.9 Å². The Balaban J connectivity index is 1.53. The van der Waals surface area contributed by atoms with Crippen molar-refractivity contribution in [2.24, 2.45) is 5.92 Å². The Labute approximate surface area is 165 Å². The van der Waals surface area contributed by atoms with Gasteiger partial charge in [0.15, 0.2) is 0 Å². The highest BCUT2D eigenvalue weighted by molar-refractivity contribution is 7.13. The summed E-state index contributed by atoms with van der Waals surface area (Å²) < 4.78 is 10.7. The van der Waals surface area contributed by atoms with Crippen LogP contribution in [0.5, 0.6) is 11.5 Å². The highest BCUT2D eigenvalue weighted by Crippen LogP contribution is 2.28. The number of likely N-dealkylation sites (tertiary alicyclic amines) is 1. The van der Waals surface area contributed by atoms with E-state index in [4.69, 9.17) is 9.47 Å².